The molecule has 0 saturated heterocycles. The Morgan fingerprint density at radius 2 is 2.25 bits per heavy atom. The Hall–Kier alpha value is -2.56. The molecule has 1 N–H and O–H groups in total. The normalized spacial score (nSPS) is 10.9. The first kappa shape index (κ1) is 13.9. The lowest BCUT2D eigenvalue weighted by atomic mass is 10.1. The molecule has 0 bridgehead atoms. The molecule has 5 nitrogen and oxygen atoms in total. The SMILES string of the molecule is Cc1cccc(/C=C/C(=O)O)c1OCc1ccn(C)n1. The van der Waals surface area contributed by atoms with Crippen LogP contribution in [-0.4, -0.2) is 20.9 Å². The molecule has 1 aromatic heterocycles. The van der Waals surface area contributed by atoms with Crippen LogP contribution in [0.3, 0.4) is 0 Å². The second-order valence-electron chi connectivity index (χ2n) is 4.43. The van der Waals surface area contributed by atoms with E-state index in [1.807, 2.05) is 44.4 Å². The number of aryl methyl sites for hydroxylation is 2. The number of carbonyl (C=O) groups is 1. The van der Waals surface area contributed by atoms with Crippen molar-refractivity contribution in [3.05, 3.63) is 53.4 Å². The molecule has 104 valence electrons. The number of para-hydroxylation sites is 1. The minimum absolute atomic E-state index is 0.347. The molecule has 2 aromatic rings. The van der Waals surface area contributed by atoms with E-state index in [0.29, 0.717) is 12.4 Å². The third kappa shape index (κ3) is 3.47. The van der Waals surface area contributed by atoms with Crippen molar-refractivity contribution >= 4 is 12.0 Å². The van der Waals surface area contributed by atoms with Crippen LogP contribution in [0.15, 0.2) is 36.5 Å². The molecule has 1 aromatic carbocycles. The van der Waals surface area contributed by atoms with Crippen molar-refractivity contribution in [2.24, 2.45) is 7.05 Å². The van der Waals surface area contributed by atoms with Crippen LogP contribution < -0.4 is 4.74 Å². The van der Waals surface area contributed by atoms with E-state index in [1.54, 1.807) is 4.68 Å². The van der Waals surface area contributed by atoms with Crippen molar-refractivity contribution in [2.45, 2.75) is 13.5 Å². The Labute approximate surface area is 117 Å². The summed E-state index contributed by atoms with van der Waals surface area (Å²) in [6.07, 6.45) is 4.48. The molecular weight excluding hydrogens is 256 g/mol. The topological polar surface area (TPSA) is 64.3 Å². The Kier molecular flexibility index (Phi) is 4.20. The molecule has 1 heterocycles. The van der Waals surface area contributed by atoms with Gasteiger partial charge in [0.05, 0.1) is 5.69 Å². The summed E-state index contributed by atoms with van der Waals surface area (Å²) in [5.74, 6) is -0.308. The minimum atomic E-state index is -0.984. The molecule has 0 unspecified atom stereocenters. The summed E-state index contributed by atoms with van der Waals surface area (Å²) in [5.41, 5.74) is 2.51. The Morgan fingerprint density at radius 3 is 2.90 bits per heavy atom. The lowest BCUT2D eigenvalue weighted by Gasteiger charge is -2.11. The Balaban J connectivity index is 2.19. The maximum Gasteiger partial charge on any atom is 0.328 e. The number of benzene rings is 1. The molecule has 2 rings (SSSR count). The van der Waals surface area contributed by atoms with Crippen LogP contribution in [0.1, 0.15) is 16.8 Å². The maximum absolute atomic E-state index is 10.6. The van der Waals surface area contributed by atoms with Gasteiger partial charge in [-0.1, -0.05) is 18.2 Å². The van der Waals surface area contributed by atoms with Crippen molar-refractivity contribution in [3.63, 3.8) is 0 Å². The Bertz CT molecular complexity index is 644. The number of rotatable bonds is 5. The van der Waals surface area contributed by atoms with Crippen LogP contribution in [0.25, 0.3) is 6.08 Å². The van der Waals surface area contributed by atoms with Gasteiger partial charge in [0.1, 0.15) is 12.4 Å². The summed E-state index contributed by atoms with van der Waals surface area (Å²) in [6, 6.07) is 7.49. The molecule has 0 aliphatic rings. The standard InChI is InChI=1S/C15H16N2O3/c1-11-4-3-5-12(6-7-14(18)19)15(11)20-10-13-8-9-17(2)16-13/h3-9H,10H2,1-2H3,(H,18,19)/b7-6+. The largest absolute Gasteiger partial charge is 0.486 e. The highest BCUT2D eigenvalue weighted by molar-refractivity contribution is 5.86. The molecule has 0 aliphatic carbocycles. The fourth-order valence-corrected chi connectivity index (χ4v) is 1.85. The highest BCUT2D eigenvalue weighted by atomic mass is 16.5. The van der Waals surface area contributed by atoms with E-state index in [1.165, 1.54) is 6.08 Å². The summed E-state index contributed by atoms with van der Waals surface area (Å²) in [4.78, 5) is 10.6. The van der Waals surface area contributed by atoms with E-state index >= 15 is 0 Å². The van der Waals surface area contributed by atoms with E-state index in [4.69, 9.17) is 9.84 Å². The number of ether oxygens (including phenoxy) is 1. The zero-order valence-corrected chi connectivity index (χ0v) is 11.4. The molecular formula is C15H16N2O3. The number of aromatic nitrogens is 2. The number of hydrogen-bond acceptors (Lipinski definition) is 3. The van der Waals surface area contributed by atoms with Crippen LogP contribution in [-0.2, 0) is 18.4 Å². The molecule has 0 spiro atoms. The van der Waals surface area contributed by atoms with Gasteiger partial charge in [-0.3, -0.25) is 4.68 Å². The van der Waals surface area contributed by atoms with E-state index in [9.17, 15) is 4.79 Å². The van der Waals surface area contributed by atoms with E-state index in [2.05, 4.69) is 5.10 Å². The zero-order valence-electron chi connectivity index (χ0n) is 11.4. The molecule has 0 aliphatic heterocycles. The number of nitrogens with zero attached hydrogens (tertiary/aromatic N) is 2. The van der Waals surface area contributed by atoms with E-state index < -0.39 is 5.97 Å². The van der Waals surface area contributed by atoms with Crippen molar-refractivity contribution in [3.8, 4) is 5.75 Å². The number of aliphatic carboxylic acids is 1. The molecule has 0 atom stereocenters. The van der Waals surface area contributed by atoms with Gasteiger partial charge >= 0.3 is 5.97 Å². The first-order chi connectivity index (χ1) is 9.56. The van der Waals surface area contributed by atoms with Gasteiger partial charge in [-0.15, -0.1) is 0 Å². The fourth-order valence-electron chi connectivity index (χ4n) is 1.85. The average Bonchev–Trinajstić information content (AvgIpc) is 2.81. The summed E-state index contributed by atoms with van der Waals surface area (Å²) < 4.78 is 7.49. The molecule has 20 heavy (non-hydrogen) atoms. The van der Waals surface area contributed by atoms with Crippen molar-refractivity contribution < 1.29 is 14.6 Å². The monoisotopic (exact) mass is 272 g/mol. The summed E-state index contributed by atoms with van der Waals surface area (Å²) in [5, 5.41) is 12.9. The predicted octanol–water partition coefficient (Wildman–Crippen LogP) is 2.41. The van der Waals surface area contributed by atoms with Crippen molar-refractivity contribution in [2.75, 3.05) is 0 Å². The lowest BCUT2D eigenvalue weighted by molar-refractivity contribution is -0.131. The molecule has 5 heteroatoms. The van der Waals surface area contributed by atoms with Crippen LogP contribution in [0.2, 0.25) is 0 Å². The number of hydrogen-bond donors (Lipinski definition) is 1. The summed E-state index contributed by atoms with van der Waals surface area (Å²) >= 11 is 0. The second-order valence-corrected chi connectivity index (χ2v) is 4.43. The average molecular weight is 272 g/mol. The zero-order chi connectivity index (χ0) is 14.5. The van der Waals surface area contributed by atoms with Crippen molar-refractivity contribution in [1.82, 2.24) is 9.78 Å². The van der Waals surface area contributed by atoms with Crippen LogP contribution in [0, 0.1) is 6.92 Å². The highest BCUT2D eigenvalue weighted by Gasteiger charge is 2.06. The van der Waals surface area contributed by atoms with E-state index in [0.717, 1.165) is 22.9 Å². The van der Waals surface area contributed by atoms with Crippen LogP contribution in [0.5, 0.6) is 5.75 Å². The predicted molar refractivity (Wildman–Crippen MR) is 75.4 cm³/mol. The smallest absolute Gasteiger partial charge is 0.328 e. The van der Waals surface area contributed by atoms with Crippen LogP contribution >= 0.6 is 0 Å². The van der Waals surface area contributed by atoms with E-state index in [-0.39, 0.29) is 0 Å². The van der Waals surface area contributed by atoms with Gasteiger partial charge < -0.3 is 9.84 Å². The van der Waals surface area contributed by atoms with Crippen LogP contribution in [0.4, 0.5) is 0 Å². The minimum Gasteiger partial charge on any atom is -0.486 e. The van der Waals surface area contributed by atoms with Crippen molar-refractivity contribution in [1.29, 1.82) is 0 Å². The summed E-state index contributed by atoms with van der Waals surface area (Å²) in [7, 11) is 1.85. The number of carboxylic acid groups (broad SMARTS) is 1. The summed E-state index contributed by atoms with van der Waals surface area (Å²) in [6.45, 7) is 2.27. The molecule has 0 fully saturated rings. The maximum atomic E-state index is 10.6. The molecule has 0 radical (unpaired) electrons. The quantitative estimate of drug-likeness (QED) is 0.849. The molecule has 0 amide bonds. The van der Waals surface area contributed by atoms with Gasteiger partial charge in [-0.25, -0.2) is 4.79 Å². The fraction of sp³-hybridized carbons (Fsp3) is 0.200. The number of carboxylic acids is 1. The lowest BCUT2D eigenvalue weighted by Crippen LogP contribution is -2.00. The van der Waals surface area contributed by atoms with Gasteiger partial charge in [-0.2, -0.15) is 5.10 Å². The van der Waals surface area contributed by atoms with Gasteiger partial charge in [0.25, 0.3) is 0 Å². The Morgan fingerprint density at radius 1 is 1.45 bits per heavy atom. The second kappa shape index (κ2) is 6.06. The highest BCUT2D eigenvalue weighted by Crippen LogP contribution is 2.25. The van der Waals surface area contributed by atoms with Gasteiger partial charge in [-0.05, 0) is 24.6 Å². The first-order valence-corrected chi connectivity index (χ1v) is 6.18. The first-order valence-electron chi connectivity index (χ1n) is 6.18. The van der Waals surface area contributed by atoms with Gasteiger partial charge in [0.2, 0.25) is 0 Å². The van der Waals surface area contributed by atoms with Gasteiger partial charge in [0, 0.05) is 24.9 Å². The molecule has 0 saturated carbocycles. The third-order valence-corrected chi connectivity index (χ3v) is 2.78. The van der Waals surface area contributed by atoms with Gasteiger partial charge in [0.15, 0.2) is 0 Å². The third-order valence-electron chi connectivity index (χ3n) is 2.78.